The summed E-state index contributed by atoms with van der Waals surface area (Å²) in [6.07, 6.45) is -1.67. The summed E-state index contributed by atoms with van der Waals surface area (Å²) in [4.78, 5) is 10.6. The highest BCUT2D eigenvalue weighted by atomic mass is 19.4. The van der Waals surface area contributed by atoms with Crippen LogP contribution in [0.4, 0.5) is 13.2 Å². The maximum absolute atomic E-state index is 10.6. The van der Waals surface area contributed by atoms with Gasteiger partial charge >= 0.3 is 12.1 Å². The zero-order valence-electron chi connectivity index (χ0n) is 7.98. The highest BCUT2D eigenvalue weighted by Crippen LogP contribution is 2.13. The van der Waals surface area contributed by atoms with Crippen molar-refractivity contribution in [1.82, 2.24) is 20.3 Å². The number of carbonyl (C=O) groups is 1. The lowest BCUT2D eigenvalue weighted by molar-refractivity contribution is -0.192. The van der Waals surface area contributed by atoms with Crippen molar-refractivity contribution in [2.24, 2.45) is 0 Å². The van der Waals surface area contributed by atoms with E-state index in [1.165, 1.54) is 0 Å². The SMILES string of the molecule is O=C(O)C(F)(F)F.c1cnn(C2CNC2)n1. The van der Waals surface area contributed by atoms with Crippen LogP contribution in [0.5, 0.6) is 0 Å². The first-order valence-corrected chi connectivity index (χ1v) is 4.28. The molecule has 1 aliphatic rings. The Morgan fingerprint density at radius 3 is 2.06 bits per heavy atom. The third-order valence-electron chi connectivity index (χ3n) is 1.77. The van der Waals surface area contributed by atoms with Gasteiger partial charge in [0.2, 0.25) is 0 Å². The van der Waals surface area contributed by atoms with Crippen LogP contribution in [0.1, 0.15) is 6.04 Å². The number of nitrogens with zero attached hydrogens (tertiary/aromatic N) is 3. The molecule has 0 unspecified atom stereocenters. The zero-order chi connectivity index (χ0) is 12.2. The van der Waals surface area contributed by atoms with Gasteiger partial charge in [-0.05, 0) is 0 Å². The van der Waals surface area contributed by atoms with E-state index in [1.54, 1.807) is 17.2 Å². The van der Waals surface area contributed by atoms with E-state index in [9.17, 15) is 13.2 Å². The number of alkyl halides is 3. The Kier molecular flexibility index (Phi) is 3.82. The third-order valence-corrected chi connectivity index (χ3v) is 1.77. The van der Waals surface area contributed by atoms with E-state index >= 15 is 0 Å². The lowest BCUT2D eigenvalue weighted by Gasteiger charge is -2.25. The van der Waals surface area contributed by atoms with E-state index in [0.29, 0.717) is 6.04 Å². The Balaban J connectivity index is 0.000000168. The van der Waals surface area contributed by atoms with Gasteiger partial charge in [0, 0.05) is 13.1 Å². The Labute approximate surface area is 88.1 Å². The minimum absolute atomic E-state index is 0.500. The molecule has 0 aromatic carbocycles. The molecular weight excluding hydrogens is 229 g/mol. The summed E-state index contributed by atoms with van der Waals surface area (Å²) < 4.78 is 31.7. The van der Waals surface area contributed by atoms with Crippen molar-refractivity contribution in [2.45, 2.75) is 12.2 Å². The topological polar surface area (TPSA) is 80.0 Å². The fourth-order valence-electron chi connectivity index (χ4n) is 0.851. The van der Waals surface area contributed by atoms with Crippen molar-refractivity contribution in [2.75, 3.05) is 13.1 Å². The molecule has 6 nitrogen and oxygen atoms in total. The summed E-state index contributed by atoms with van der Waals surface area (Å²) in [6.45, 7) is 2.02. The average Bonchev–Trinajstić information content (AvgIpc) is 2.53. The van der Waals surface area contributed by atoms with Crippen molar-refractivity contribution in [3.63, 3.8) is 0 Å². The van der Waals surface area contributed by atoms with Gasteiger partial charge in [-0.1, -0.05) is 0 Å². The Morgan fingerprint density at radius 2 is 1.81 bits per heavy atom. The summed E-state index contributed by atoms with van der Waals surface area (Å²) in [7, 11) is 0. The second-order valence-corrected chi connectivity index (χ2v) is 2.96. The summed E-state index contributed by atoms with van der Waals surface area (Å²) in [5.74, 6) is -2.76. The normalized spacial score (nSPS) is 15.9. The maximum Gasteiger partial charge on any atom is 0.490 e. The lowest BCUT2D eigenvalue weighted by Crippen LogP contribution is -2.44. The molecule has 9 heteroatoms. The molecule has 1 saturated heterocycles. The summed E-state index contributed by atoms with van der Waals surface area (Å²) in [5, 5.41) is 18.3. The van der Waals surface area contributed by atoms with E-state index in [-0.39, 0.29) is 0 Å². The molecule has 0 aliphatic carbocycles. The van der Waals surface area contributed by atoms with Gasteiger partial charge in [-0.3, -0.25) is 0 Å². The number of rotatable bonds is 1. The predicted molar refractivity (Wildman–Crippen MR) is 45.6 cm³/mol. The summed E-state index contributed by atoms with van der Waals surface area (Å²) in [5.41, 5.74) is 0. The largest absolute Gasteiger partial charge is 0.490 e. The molecule has 0 saturated carbocycles. The fourth-order valence-corrected chi connectivity index (χ4v) is 0.851. The number of carboxylic acids is 1. The summed E-state index contributed by atoms with van der Waals surface area (Å²) in [6, 6.07) is 0.500. The van der Waals surface area contributed by atoms with Crippen LogP contribution < -0.4 is 5.32 Å². The second kappa shape index (κ2) is 4.92. The predicted octanol–water partition coefficient (Wildman–Crippen LogP) is 0.0557. The standard InChI is InChI=1S/C5H8N4.C2HF3O2/c1-2-8-9(7-1)5-3-6-4-5;3-2(4,5)1(6)7/h1-2,5-6H,3-4H2;(H,6,7). The van der Waals surface area contributed by atoms with Gasteiger partial charge in [0.15, 0.2) is 0 Å². The molecule has 0 bridgehead atoms. The Morgan fingerprint density at radius 1 is 1.38 bits per heavy atom. The van der Waals surface area contributed by atoms with Gasteiger partial charge in [-0.2, -0.15) is 28.2 Å². The lowest BCUT2D eigenvalue weighted by atomic mass is 10.2. The molecular formula is C7H9F3N4O2. The maximum atomic E-state index is 10.6. The molecule has 1 fully saturated rings. The number of nitrogens with one attached hydrogen (secondary N) is 1. The molecule has 0 atom stereocenters. The van der Waals surface area contributed by atoms with Crippen LogP contribution in [0, 0.1) is 0 Å². The Hall–Kier alpha value is -1.64. The van der Waals surface area contributed by atoms with E-state index in [4.69, 9.17) is 9.90 Å². The smallest absolute Gasteiger partial charge is 0.475 e. The van der Waals surface area contributed by atoms with E-state index in [2.05, 4.69) is 15.5 Å². The fraction of sp³-hybridized carbons (Fsp3) is 0.571. The number of halogens is 3. The van der Waals surface area contributed by atoms with Crippen LogP contribution in [0.3, 0.4) is 0 Å². The molecule has 2 N–H and O–H groups in total. The minimum atomic E-state index is -5.08. The molecule has 1 aliphatic heterocycles. The van der Waals surface area contributed by atoms with E-state index in [1.807, 2.05) is 0 Å². The van der Waals surface area contributed by atoms with Crippen LogP contribution in [-0.2, 0) is 4.79 Å². The zero-order valence-corrected chi connectivity index (χ0v) is 7.98. The highest BCUT2D eigenvalue weighted by Gasteiger charge is 2.38. The van der Waals surface area contributed by atoms with E-state index < -0.39 is 12.1 Å². The molecule has 1 aromatic heterocycles. The van der Waals surface area contributed by atoms with Crippen molar-refractivity contribution in [3.05, 3.63) is 12.4 Å². The molecule has 16 heavy (non-hydrogen) atoms. The first-order valence-electron chi connectivity index (χ1n) is 4.28. The van der Waals surface area contributed by atoms with Crippen molar-refractivity contribution in [1.29, 1.82) is 0 Å². The minimum Gasteiger partial charge on any atom is -0.475 e. The van der Waals surface area contributed by atoms with Gasteiger partial charge in [0.1, 0.15) is 0 Å². The van der Waals surface area contributed by atoms with Crippen LogP contribution in [0.15, 0.2) is 12.4 Å². The van der Waals surface area contributed by atoms with Gasteiger partial charge in [0.25, 0.3) is 0 Å². The first kappa shape index (κ1) is 12.4. The van der Waals surface area contributed by atoms with Gasteiger partial charge in [-0.15, -0.1) is 0 Å². The van der Waals surface area contributed by atoms with Gasteiger partial charge in [-0.25, -0.2) is 4.79 Å². The molecule has 0 amide bonds. The van der Waals surface area contributed by atoms with Crippen LogP contribution in [0.2, 0.25) is 0 Å². The first-order chi connectivity index (χ1) is 7.41. The third kappa shape index (κ3) is 3.50. The number of carboxylic acid groups (broad SMARTS) is 1. The molecule has 2 heterocycles. The molecule has 90 valence electrons. The number of hydrogen-bond acceptors (Lipinski definition) is 4. The van der Waals surface area contributed by atoms with Crippen LogP contribution >= 0.6 is 0 Å². The quantitative estimate of drug-likeness (QED) is 0.723. The second-order valence-electron chi connectivity index (χ2n) is 2.96. The molecule has 1 aromatic rings. The monoisotopic (exact) mass is 238 g/mol. The Bertz CT molecular complexity index is 334. The van der Waals surface area contributed by atoms with Gasteiger partial charge < -0.3 is 10.4 Å². The summed E-state index contributed by atoms with van der Waals surface area (Å²) >= 11 is 0. The molecule has 0 spiro atoms. The van der Waals surface area contributed by atoms with Crippen molar-refractivity contribution >= 4 is 5.97 Å². The van der Waals surface area contributed by atoms with Crippen molar-refractivity contribution < 1.29 is 23.1 Å². The number of aliphatic carboxylic acids is 1. The number of hydrogen-bond donors (Lipinski definition) is 2. The highest BCUT2D eigenvalue weighted by molar-refractivity contribution is 5.73. The average molecular weight is 238 g/mol. The number of aromatic nitrogens is 3. The van der Waals surface area contributed by atoms with E-state index in [0.717, 1.165) is 13.1 Å². The van der Waals surface area contributed by atoms with Crippen LogP contribution in [0.25, 0.3) is 0 Å². The molecule has 2 rings (SSSR count). The van der Waals surface area contributed by atoms with Crippen LogP contribution in [-0.4, -0.2) is 45.3 Å². The molecule has 0 radical (unpaired) electrons. The van der Waals surface area contributed by atoms with Crippen molar-refractivity contribution in [3.8, 4) is 0 Å². The van der Waals surface area contributed by atoms with Gasteiger partial charge in [0.05, 0.1) is 18.4 Å².